The number of aromatic nitrogens is 1. The molecule has 2 N–H and O–H groups in total. The van der Waals surface area contributed by atoms with E-state index in [0.29, 0.717) is 5.69 Å². The minimum absolute atomic E-state index is 0.148. The summed E-state index contributed by atoms with van der Waals surface area (Å²) in [6.45, 7) is 7.29. The molecule has 0 spiro atoms. The van der Waals surface area contributed by atoms with Crippen molar-refractivity contribution in [3.05, 3.63) is 24.0 Å². The van der Waals surface area contributed by atoms with Crippen molar-refractivity contribution in [2.24, 2.45) is 0 Å². The lowest BCUT2D eigenvalue weighted by molar-refractivity contribution is 0.0240. The fourth-order valence-electron chi connectivity index (χ4n) is 1.37. The standard InChI is InChI=1S/C14H23N3O2/c1-13(2,14(3,4)19)16-10-7-8-15-11(9-10)12(18)17(5)6/h7-9,19H,1-6H3,(H,15,16). The Morgan fingerprint density at radius 1 is 1.32 bits per heavy atom. The Hall–Kier alpha value is -1.62. The Kier molecular flexibility index (Phi) is 4.20. The van der Waals surface area contributed by atoms with Crippen molar-refractivity contribution < 1.29 is 9.90 Å². The van der Waals surface area contributed by atoms with E-state index in [-0.39, 0.29) is 5.91 Å². The van der Waals surface area contributed by atoms with Crippen LogP contribution in [0.1, 0.15) is 38.2 Å². The van der Waals surface area contributed by atoms with Gasteiger partial charge in [0.25, 0.3) is 5.91 Å². The van der Waals surface area contributed by atoms with Gasteiger partial charge in [0.15, 0.2) is 0 Å². The third-order valence-electron chi connectivity index (χ3n) is 3.37. The molecule has 1 amide bonds. The van der Waals surface area contributed by atoms with Crippen molar-refractivity contribution in [3.63, 3.8) is 0 Å². The molecular formula is C14H23N3O2. The van der Waals surface area contributed by atoms with Crippen LogP contribution in [-0.4, -0.2) is 46.1 Å². The smallest absolute Gasteiger partial charge is 0.272 e. The fourth-order valence-corrected chi connectivity index (χ4v) is 1.37. The molecule has 5 heteroatoms. The molecule has 0 saturated heterocycles. The summed E-state index contributed by atoms with van der Waals surface area (Å²) in [5, 5.41) is 13.4. The Morgan fingerprint density at radius 2 is 1.89 bits per heavy atom. The van der Waals surface area contributed by atoms with Crippen LogP contribution in [-0.2, 0) is 0 Å². The number of carbonyl (C=O) groups is 1. The number of anilines is 1. The van der Waals surface area contributed by atoms with E-state index in [1.54, 1.807) is 46.3 Å². The van der Waals surface area contributed by atoms with Crippen molar-refractivity contribution in [1.29, 1.82) is 0 Å². The number of nitrogens with zero attached hydrogens (tertiary/aromatic N) is 2. The van der Waals surface area contributed by atoms with Gasteiger partial charge >= 0.3 is 0 Å². The maximum atomic E-state index is 11.8. The summed E-state index contributed by atoms with van der Waals surface area (Å²) in [5.74, 6) is -0.148. The van der Waals surface area contributed by atoms with E-state index < -0.39 is 11.1 Å². The number of nitrogens with one attached hydrogen (secondary N) is 1. The molecule has 5 nitrogen and oxygen atoms in total. The van der Waals surface area contributed by atoms with Gasteiger partial charge in [-0.15, -0.1) is 0 Å². The fraction of sp³-hybridized carbons (Fsp3) is 0.571. The van der Waals surface area contributed by atoms with Gasteiger partial charge in [-0.05, 0) is 39.8 Å². The molecule has 0 aliphatic rings. The minimum atomic E-state index is -0.901. The summed E-state index contributed by atoms with van der Waals surface area (Å²) in [6, 6.07) is 3.47. The van der Waals surface area contributed by atoms with Gasteiger partial charge in [-0.1, -0.05) is 0 Å². The highest BCUT2D eigenvalue weighted by Crippen LogP contribution is 2.26. The SMILES string of the molecule is CN(C)C(=O)c1cc(NC(C)(C)C(C)(C)O)ccn1. The average molecular weight is 265 g/mol. The van der Waals surface area contributed by atoms with E-state index in [9.17, 15) is 9.90 Å². The Morgan fingerprint density at radius 3 is 2.37 bits per heavy atom. The Bertz CT molecular complexity index is 462. The zero-order chi connectivity index (χ0) is 14.8. The zero-order valence-corrected chi connectivity index (χ0v) is 12.5. The van der Waals surface area contributed by atoms with E-state index in [1.807, 2.05) is 13.8 Å². The molecule has 0 saturated carbocycles. The van der Waals surface area contributed by atoms with Crippen molar-refractivity contribution in [3.8, 4) is 0 Å². The number of amides is 1. The van der Waals surface area contributed by atoms with Crippen LogP contribution >= 0.6 is 0 Å². The molecule has 0 unspecified atom stereocenters. The normalized spacial score (nSPS) is 12.2. The molecule has 1 aromatic rings. The summed E-state index contributed by atoms with van der Waals surface area (Å²) in [7, 11) is 3.37. The number of aliphatic hydroxyl groups is 1. The summed E-state index contributed by atoms with van der Waals surface area (Å²) in [5.41, 5.74) is -0.303. The van der Waals surface area contributed by atoms with Crippen molar-refractivity contribution in [2.75, 3.05) is 19.4 Å². The van der Waals surface area contributed by atoms with Crippen LogP contribution in [0.25, 0.3) is 0 Å². The molecule has 0 radical (unpaired) electrons. The first-order valence-corrected chi connectivity index (χ1v) is 6.23. The lowest BCUT2D eigenvalue weighted by Gasteiger charge is -2.38. The number of carbonyl (C=O) groups excluding carboxylic acids is 1. The number of pyridine rings is 1. The Labute approximate surface area is 114 Å². The van der Waals surface area contributed by atoms with Gasteiger partial charge in [0.05, 0.1) is 11.1 Å². The van der Waals surface area contributed by atoms with Crippen LogP contribution in [0, 0.1) is 0 Å². The van der Waals surface area contributed by atoms with Gasteiger partial charge in [0.2, 0.25) is 0 Å². The van der Waals surface area contributed by atoms with Crippen LogP contribution < -0.4 is 5.32 Å². The number of hydrogen-bond donors (Lipinski definition) is 2. The van der Waals surface area contributed by atoms with E-state index in [1.165, 1.54) is 4.90 Å². The molecule has 1 aromatic heterocycles. The van der Waals surface area contributed by atoms with Gasteiger partial charge in [-0.3, -0.25) is 9.78 Å². The molecule has 0 bridgehead atoms. The Balaban J connectivity index is 2.99. The zero-order valence-electron chi connectivity index (χ0n) is 12.5. The summed E-state index contributed by atoms with van der Waals surface area (Å²) >= 11 is 0. The second-order valence-corrected chi connectivity index (χ2v) is 5.94. The number of hydrogen-bond acceptors (Lipinski definition) is 4. The van der Waals surface area contributed by atoms with E-state index in [2.05, 4.69) is 10.3 Å². The molecule has 106 valence electrons. The van der Waals surface area contributed by atoms with Gasteiger partial charge in [-0.25, -0.2) is 0 Å². The molecule has 0 aliphatic heterocycles. The summed E-state index contributed by atoms with van der Waals surface area (Å²) in [6.07, 6.45) is 1.58. The largest absolute Gasteiger partial charge is 0.388 e. The van der Waals surface area contributed by atoms with Gasteiger partial charge in [0.1, 0.15) is 5.69 Å². The minimum Gasteiger partial charge on any atom is -0.388 e. The number of rotatable bonds is 4. The van der Waals surface area contributed by atoms with Crippen LogP contribution in [0.2, 0.25) is 0 Å². The van der Waals surface area contributed by atoms with E-state index >= 15 is 0 Å². The van der Waals surface area contributed by atoms with Crippen LogP contribution in [0.15, 0.2) is 18.3 Å². The second kappa shape index (κ2) is 5.17. The first kappa shape index (κ1) is 15.4. The van der Waals surface area contributed by atoms with Gasteiger partial charge < -0.3 is 15.3 Å². The third kappa shape index (κ3) is 3.67. The topological polar surface area (TPSA) is 65.5 Å². The summed E-state index contributed by atoms with van der Waals surface area (Å²) in [4.78, 5) is 17.4. The molecule has 0 atom stereocenters. The molecule has 0 aromatic carbocycles. The first-order chi connectivity index (χ1) is 8.54. The summed E-state index contributed by atoms with van der Waals surface area (Å²) < 4.78 is 0. The van der Waals surface area contributed by atoms with Crippen molar-refractivity contribution in [2.45, 2.75) is 38.8 Å². The van der Waals surface area contributed by atoms with Crippen LogP contribution in [0.4, 0.5) is 5.69 Å². The lowest BCUT2D eigenvalue weighted by Crippen LogP contribution is -2.51. The molecular weight excluding hydrogens is 242 g/mol. The molecule has 19 heavy (non-hydrogen) atoms. The molecule has 1 heterocycles. The van der Waals surface area contributed by atoms with Gasteiger partial charge in [0, 0.05) is 26.0 Å². The highest BCUT2D eigenvalue weighted by Gasteiger charge is 2.34. The predicted octanol–water partition coefficient (Wildman–Crippen LogP) is 1.74. The predicted molar refractivity (Wildman–Crippen MR) is 76.3 cm³/mol. The molecule has 0 fully saturated rings. The van der Waals surface area contributed by atoms with Crippen molar-refractivity contribution in [1.82, 2.24) is 9.88 Å². The molecule has 1 rings (SSSR count). The third-order valence-corrected chi connectivity index (χ3v) is 3.37. The molecule has 0 aliphatic carbocycles. The lowest BCUT2D eigenvalue weighted by atomic mass is 9.86. The van der Waals surface area contributed by atoms with E-state index in [4.69, 9.17) is 0 Å². The quantitative estimate of drug-likeness (QED) is 0.870. The first-order valence-electron chi connectivity index (χ1n) is 6.23. The highest BCUT2D eigenvalue weighted by molar-refractivity contribution is 5.92. The maximum absolute atomic E-state index is 11.8. The van der Waals surface area contributed by atoms with Crippen molar-refractivity contribution >= 4 is 11.6 Å². The highest BCUT2D eigenvalue weighted by atomic mass is 16.3. The monoisotopic (exact) mass is 265 g/mol. The van der Waals surface area contributed by atoms with Gasteiger partial charge in [-0.2, -0.15) is 0 Å². The van der Waals surface area contributed by atoms with E-state index in [0.717, 1.165) is 5.69 Å². The second-order valence-electron chi connectivity index (χ2n) is 5.94. The maximum Gasteiger partial charge on any atom is 0.272 e. The average Bonchev–Trinajstić information content (AvgIpc) is 2.26. The van der Waals surface area contributed by atoms with Crippen LogP contribution in [0.3, 0.4) is 0 Å². The van der Waals surface area contributed by atoms with Crippen LogP contribution in [0.5, 0.6) is 0 Å².